The van der Waals surface area contributed by atoms with Crippen molar-refractivity contribution in [3.05, 3.63) is 56.2 Å². The largest absolute Gasteiger partial charge is 0.297 e. The molecule has 2 rings (SSSR count). The maximum atomic E-state index is 10.7. The number of thiophene rings is 1. The highest BCUT2D eigenvalue weighted by atomic mass is 35.5. The number of hydrogen-bond donors (Lipinski definition) is 0. The van der Waals surface area contributed by atoms with Gasteiger partial charge in [0.15, 0.2) is 6.29 Å². The van der Waals surface area contributed by atoms with Crippen molar-refractivity contribution < 1.29 is 4.79 Å². The maximum absolute atomic E-state index is 10.7. The quantitative estimate of drug-likeness (QED) is 0.791. The van der Waals surface area contributed by atoms with Crippen molar-refractivity contribution in [3.63, 3.8) is 0 Å². The first kappa shape index (κ1) is 11.8. The van der Waals surface area contributed by atoms with Gasteiger partial charge in [-0.15, -0.1) is 11.3 Å². The third-order valence-electron chi connectivity index (χ3n) is 2.33. The van der Waals surface area contributed by atoms with Crippen molar-refractivity contribution in [2.75, 3.05) is 0 Å². The number of hydrogen-bond acceptors (Lipinski definition) is 3. The van der Waals surface area contributed by atoms with Crippen LogP contribution >= 0.6 is 22.9 Å². The molecule has 4 heteroatoms. The Hall–Kier alpha value is -1.63. The molecule has 17 heavy (non-hydrogen) atoms. The van der Waals surface area contributed by atoms with Crippen LogP contribution in [0.4, 0.5) is 0 Å². The zero-order valence-corrected chi connectivity index (χ0v) is 10.4. The van der Waals surface area contributed by atoms with Gasteiger partial charge < -0.3 is 0 Å². The van der Waals surface area contributed by atoms with E-state index in [0.29, 0.717) is 21.2 Å². The summed E-state index contributed by atoms with van der Waals surface area (Å²) in [5.41, 5.74) is 1.91. The first-order valence-corrected chi connectivity index (χ1v) is 6.15. The van der Waals surface area contributed by atoms with E-state index >= 15 is 0 Å². The molecule has 0 saturated carbocycles. The molecule has 0 spiro atoms. The van der Waals surface area contributed by atoms with E-state index in [1.807, 2.05) is 18.2 Å². The lowest BCUT2D eigenvalue weighted by Gasteiger charge is -2.00. The summed E-state index contributed by atoms with van der Waals surface area (Å²) in [7, 11) is 0. The van der Waals surface area contributed by atoms with Crippen LogP contribution in [0.5, 0.6) is 0 Å². The molecule has 1 heterocycles. The van der Waals surface area contributed by atoms with Gasteiger partial charge in [0.25, 0.3) is 0 Å². The fourth-order valence-corrected chi connectivity index (χ4v) is 2.61. The Balaban J connectivity index is 2.33. The fourth-order valence-electron chi connectivity index (χ4n) is 1.60. The molecule has 0 fully saturated rings. The molecule has 0 atom stereocenters. The summed E-state index contributed by atoms with van der Waals surface area (Å²) in [4.78, 5) is 11.8. The molecule has 1 aromatic carbocycles. The average Bonchev–Trinajstić information content (AvgIpc) is 2.71. The van der Waals surface area contributed by atoms with Crippen molar-refractivity contribution >= 4 is 29.2 Å². The molecule has 0 aliphatic heterocycles. The first-order chi connectivity index (χ1) is 8.22. The Kier molecular flexibility index (Phi) is 3.58. The highest BCUT2D eigenvalue weighted by molar-refractivity contribution is 7.14. The van der Waals surface area contributed by atoms with Gasteiger partial charge in [0.05, 0.1) is 4.88 Å². The first-order valence-electron chi connectivity index (χ1n) is 4.95. The highest BCUT2D eigenvalue weighted by Crippen LogP contribution is 2.24. The van der Waals surface area contributed by atoms with E-state index in [0.717, 1.165) is 17.4 Å². The van der Waals surface area contributed by atoms with Crippen molar-refractivity contribution in [3.8, 4) is 6.07 Å². The van der Waals surface area contributed by atoms with Crippen LogP contribution in [0.2, 0.25) is 5.02 Å². The van der Waals surface area contributed by atoms with Crippen LogP contribution in [0.25, 0.3) is 0 Å². The van der Waals surface area contributed by atoms with Gasteiger partial charge in [-0.25, -0.2) is 0 Å². The number of aldehydes is 1. The molecule has 0 aliphatic rings. The average molecular weight is 262 g/mol. The summed E-state index contributed by atoms with van der Waals surface area (Å²) in [6.45, 7) is 0. The summed E-state index contributed by atoms with van der Waals surface area (Å²) in [6, 6.07) is 11.4. The van der Waals surface area contributed by atoms with Crippen molar-refractivity contribution in [2.24, 2.45) is 0 Å². The molecule has 2 aromatic rings. The van der Waals surface area contributed by atoms with Crippen LogP contribution in [0.3, 0.4) is 0 Å². The molecule has 0 amide bonds. The summed E-state index contributed by atoms with van der Waals surface area (Å²) >= 11 is 7.12. The number of halogens is 1. The van der Waals surface area contributed by atoms with E-state index in [9.17, 15) is 4.79 Å². The zero-order valence-electron chi connectivity index (χ0n) is 8.81. The topological polar surface area (TPSA) is 40.9 Å². The van der Waals surface area contributed by atoms with Crippen LogP contribution in [0, 0.1) is 11.3 Å². The minimum atomic E-state index is 0.582. The molecule has 0 bridgehead atoms. The summed E-state index contributed by atoms with van der Waals surface area (Å²) < 4.78 is 0. The van der Waals surface area contributed by atoms with E-state index in [1.54, 1.807) is 12.1 Å². The van der Waals surface area contributed by atoms with Gasteiger partial charge in [-0.3, -0.25) is 4.79 Å². The number of rotatable bonds is 3. The molecule has 2 nitrogen and oxygen atoms in total. The number of benzene rings is 1. The van der Waals surface area contributed by atoms with Crippen LogP contribution < -0.4 is 0 Å². The highest BCUT2D eigenvalue weighted by Gasteiger charge is 2.09. The van der Waals surface area contributed by atoms with Gasteiger partial charge in [0, 0.05) is 5.02 Å². The molecule has 0 aliphatic carbocycles. The molecule has 0 unspecified atom stereocenters. The Morgan fingerprint density at radius 3 is 2.88 bits per heavy atom. The van der Waals surface area contributed by atoms with Crippen molar-refractivity contribution in [2.45, 2.75) is 6.42 Å². The van der Waals surface area contributed by atoms with Gasteiger partial charge in [-0.1, -0.05) is 23.7 Å². The number of nitriles is 1. The minimum Gasteiger partial charge on any atom is -0.297 e. The van der Waals surface area contributed by atoms with Gasteiger partial charge in [0.1, 0.15) is 10.9 Å². The lowest BCUT2D eigenvalue weighted by molar-refractivity contribution is 0.112. The second-order valence-electron chi connectivity index (χ2n) is 3.54. The maximum Gasteiger partial charge on any atom is 0.160 e. The molecular weight excluding hydrogens is 254 g/mol. The molecule has 84 valence electrons. The van der Waals surface area contributed by atoms with E-state index in [4.69, 9.17) is 16.9 Å². The Morgan fingerprint density at radius 2 is 2.24 bits per heavy atom. The van der Waals surface area contributed by atoms with Gasteiger partial charge in [-0.2, -0.15) is 5.26 Å². The number of carbonyl (C=O) groups is 1. The molecule has 0 saturated heterocycles. The third kappa shape index (κ3) is 2.73. The van der Waals surface area contributed by atoms with Gasteiger partial charge in [0.2, 0.25) is 0 Å². The smallest absolute Gasteiger partial charge is 0.160 e. The predicted octanol–water partition coefficient (Wildman–Crippen LogP) is 3.68. The number of carbonyl (C=O) groups excluding carboxylic acids is 1. The zero-order chi connectivity index (χ0) is 12.3. The van der Waals surface area contributed by atoms with Crippen LogP contribution in [-0.2, 0) is 6.42 Å². The SMILES string of the molecule is N#Cc1sc(C=O)cc1Cc1cccc(Cl)c1. The second-order valence-corrected chi connectivity index (χ2v) is 5.06. The van der Waals surface area contributed by atoms with Gasteiger partial charge in [-0.05, 0) is 35.7 Å². The molecule has 0 radical (unpaired) electrons. The monoisotopic (exact) mass is 261 g/mol. The van der Waals surface area contributed by atoms with E-state index in [-0.39, 0.29) is 0 Å². The predicted molar refractivity (Wildman–Crippen MR) is 68.7 cm³/mol. The lowest BCUT2D eigenvalue weighted by atomic mass is 10.1. The molecule has 0 N–H and O–H groups in total. The minimum absolute atomic E-state index is 0.582. The van der Waals surface area contributed by atoms with Gasteiger partial charge >= 0.3 is 0 Å². The van der Waals surface area contributed by atoms with Crippen LogP contribution in [0.15, 0.2) is 30.3 Å². The summed E-state index contributed by atoms with van der Waals surface area (Å²) in [5, 5.41) is 9.65. The fraction of sp³-hybridized carbons (Fsp3) is 0.0769. The molecular formula is C13H8ClNOS. The summed E-state index contributed by atoms with van der Waals surface area (Å²) in [5.74, 6) is 0. The molecule has 1 aromatic heterocycles. The van der Waals surface area contributed by atoms with Crippen LogP contribution in [-0.4, -0.2) is 6.29 Å². The Morgan fingerprint density at radius 1 is 1.41 bits per heavy atom. The van der Waals surface area contributed by atoms with E-state index < -0.39 is 0 Å². The summed E-state index contributed by atoms with van der Waals surface area (Å²) in [6.07, 6.45) is 1.39. The number of nitrogens with zero attached hydrogens (tertiary/aromatic N) is 1. The standard InChI is InChI=1S/C13H8ClNOS/c14-11-3-1-2-9(5-11)4-10-6-12(8-16)17-13(10)7-15/h1-3,5-6,8H,4H2. The van der Waals surface area contributed by atoms with Crippen LogP contribution in [0.1, 0.15) is 25.7 Å². The second kappa shape index (κ2) is 5.13. The van der Waals surface area contributed by atoms with E-state index in [1.165, 1.54) is 11.3 Å². The third-order valence-corrected chi connectivity index (χ3v) is 3.57. The Labute approximate surface area is 108 Å². The lowest BCUT2D eigenvalue weighted by Crippen LogP contribution is -1.88. The van der Waals surface area contributed by atoms with E-state index in [2.05, 4.69) is 6.07 Å². The van der Waals surface area contributed by atoms with Crippen molar-refractivity contribution in [1.29, 1.82) is 5.26 Å². The van der Waals surface area contributed by atoms with Crippen molar-refractivity contribution in [1.82, 2.24) is 0 Å². The normalized spacial score (nSPS) is 9.88. The Bertz CT molecular complexity index is 598.